The molecule has 1 N–H and O–H groups in total. The molecule has 0 radical (unpaired) electrons. The first-order valence-corrected chi connectivity index (χ1v) is 13.6. The van der Waals surface area contributed by atoms with Crippen molar-refractivity contribution in [3.05, 3.63) is 134 Å². The van der Waals surface area contributed by atoms with Crippen molar-refractivity contribution < 1.29 is 4.74 Å². The molecule has 41 heavy (non-hydrogen) atoms. The summed E-state index contributed by atoms with van der Waals surface area (Å²) in [5.41, 5.74) is 7.40. The number of anilines is 3. The first-order chi connectivity index (χ1) is 20.3. The van der Waals surface area contributed by atoms with Gasteiger partial charge in [-0.15, -0.1) is 0 Å². The van der Waals surface area contributed by atoms with Crippen LogP contribution in [0.3, 0.4) is 0 Å². The second-order valence-electron chi connectivity index (χ2n) is 10.0. The maximum absolute atomic E-state index is 6.45. The molecule has 0 spiro atoms. The van der Waals surface area contributed by atoms with E-state index in [4.69, 9.17) is 9.72 Å². The zero-order valence-corrected chi connectivity index (χ0v) is 22.1. The minimum absolute atomic E-state index is 0.723. The van der Waals surface area contributed by atoms with Gasteiger partial charge in [-0.2, -0.15) is 0 Å². The van der Waals surface area contributed by atoms with E-state index in [0.29, 0.717) is 0 Å². The van der Waals surface area contributed by atoms with E-state index in [2.05, 4.69) is 105 Å². The summed E-state index contributed by atoms with van der Waals surface area (Å²) in [7, 11) is 0. The molecule has 6 heteroatoms. The van der Waals surface area contributed by atoms with Gasteiger partial charge in [-0.25, -0.2) is 4.98 Å². The van der Waals surface area contributed by atoms with E-state index in [-0.39, 0.29) is 0 Å². The molecule has 1 aliphatic rings. The van der Waals surface area contributed by atoms with Crippen molar-refractivity contribution >= 4 is 38.9 Å². The summed E-state index contributed by atoms with van der Waals surface area (Å²) in [5.74, 6) is 2.39. The van der Waals surface area contributed by atoms with E-state index in [1.807, 2.05) is 42.6 Å². The summed E-state index contributed by atoms with van der Waals surface area (Å²) in [4.78, 5) is 11.6. The number of nitrogens with zero attached hydrogens (tertiary/aromatic N) is 4. The van der Waals surface area contributed by atoms with Crippen LogP contribution in [-0.2, 0) is 0 Å². The lowest BCUT2D eigenvalue weighted by Crippen LogP contribution is -2.16. The number of rotatable bonds is 5. The number of benzene rings is 4. The van der Waals surface area contributed by atoms with Gasteiger partial charge in [-0.05, 0) is 66.7 Å². The highest BCUT2D eigenvalue weighted by Gasteiger charge is 2.20. The summed E-state index contributed by atoms with van der Waals surface area (Å²) >= 11 is 0. The molecule has 3 aromatic heterocycles. The van der Waals surface area contributed by atoms with E-state index < -0.39 is 0 Å². The first-order valence-electron chi connectivity index (χ1n) is 13.6. The number of nitrogens with one attached hydrogen (secondary N) is 1. The predicted molar refractivity (Wildman–Crippen MR) is 165 cm³/mol. The minimum atomic E-state index is 0.723. The van der Waals surface area contributed by atoms with Gasteiger partial charge < -0.3 is 15.0 Å². The molecule has 0 saturated carbocycles. The van der Waals surface area contributed by atoms with Gasteiger partial charge in [-0.3, -0.25) is 9.55 Å². The van der Waals surface area contributed by atoms with Crippen molar-refractivity contribution in [1.82, 2.24) is 14.5 Å². The lowest BCUT2D eigenvalue weighted by Gasteiger charge is -2.19. The number of aromatic nitrogens is 3. The summed E-state index contributed by atoms with van der Waals surface area (Å²) in [6.45, 7) is 0.723. The summed E-state index contributed by atoms with van der Waals surface area (Å²) in [6, 6.07) is 41.3. The van der Waals surface area contributed by atoms with Gasteiger partial charge in [0.15, 0.2) is 0 Å². The Kier molecular flexibility index (Phi) is 5.42. The van der Waals surface area contributed by atoms with Gasteiger partial charge >= 0.3 is 0 Å². The molecule has 4 aromatic carbocycles. The van der Waals surface area contributed by atoms with Crippen molar-refractivity contribution in [3.63, 3.8) is 0 Å². The fourth-order valence-corrected chi connectivity index (χ4v) is 5.65. The lowest BCUT2D eigenvalue weighted by atomic mass is 10.1. The van der Waals surface area contributed by atoms with Crippen LogP contribution in [0.1, 0.15) is 0 Å². The Hall–Kier alpha value is -5.62. The standard InChI is InChI=1S/C35H25N5O/c1-3-13-32-28(10-1)29-17-16-27(21-34(29)40(32)35-18-15-24(22-37-35)30-11-5-6-19-36-30)41-26-9-7-8-25(20-26)39-23-38-31-12-2-4-14-33(31)39/h1-22,38H,23H2. The summed E-state index contributed by atoms with van der Waals surface area (Å²) in [6.07, 6.45) is 3.68. The fourth-order valence-electron chi connectivity index (χ4n) is 5.65. The number of para-hydroxylation sites is 3. The van der Waals surface area contributed by atoms with Crippen molar-refractivity contribution in [2.24, 2.45) is 0 Å². The van der Waals surface area contributed by atoms with E-state index in [1.54, 1.807) is 6.20 Å². The molecule has 7 aromatic rings. The number of hydrogen-bond acceptors (Lipinski definition) is 5. The molecule has 0 atom stereocenters. The van der Waals surface area contributed by atoms with Gasteiger partial charge in [-0.1, -0.05) is 42.5 Å². The minimum Gasteiger partial charge on any atom is -0.457 e. The molecule has 1 aliphatic heterocycles. The molecular formula is C35H25N5O. The molecule has 0 fully saturated rings. The van der Waals surface area contributed by atoms with Gasteiger partial charge in [0.25, 0.3) is 0 Å². The number of ether oxygens (including phenoxy) is 1. The molecule has 8 rings (SSSR count). The van der Waals surface area contributed by atoms with Crippen molar-refractivity contribution in [2.75, 3.05) is 16.9 Å². The topological polar surface area (TPSA) is 55.2 Å². The van der Waals surface area contributed by atoms with E-state index in [9.17, 15) is 0 Å². The monoisotopic (exact) mass is 531 g/mol. The molecule has 196 valence electrons. The van der Waals surface area contributed by atoms with Gasteiger partial charge in [0.05, 0.1) is 34.8 Å². The Morgan fingerprint density at radius 3 is 2.41 bits per heavy atom. The highest BCUT2D eigenvalue weighted by molar-refractivity contribution is 6.09. The maximum atomic E-state index is 6.45. The predicted octanol–water partition coefficient (Wildman–Crippen LogP) is 8.55. The SMILES string of the molecule is c1ccc(-c2ccc(-n3c4ccccc4c4ccc(Oc5cccc(N6CNc7ccccc76)c5)cc43)nc2)nc1. The fraction of sp³-hybridized carbons (Fsp3) is 0.0286. The summed E-state index contributed by atoms with van der Waals surface area (Å²) in [5, 5.41) is 5.78. The molecule has 4 heterocycles. The first kappa shape index (κ1) is 23.3. The molecule has 0 bridgehead atoms. The lowest BCUT2D eigenvalue weighted by molar-refractivity contribution is 0.483. The highest BCUT2D eigenvalue weighted by atomic mass is 16.5. The Labute approximate surface area is 237 Å². The Morgan fingerprint density at radius 1 is 0.659 bits per heavy atom. The van der Waals surface area contributed by atoms with Gasteiger partial charge in [0.2, 0.25) is 0 Å². The van der Waals surface area contributed by atoms with E-state index >= 15 is 0 Å². The molecule has 0 saturated heterocycles. The van der Waals surface area contributed by atoms with Crippen LogP contribution >= 0.6 is 0 Å². The number of pyridine rings is 2. The maximum Gasteiger partial charge on any atom is 0.137 e. The van der Waals surface area contributed by atoms with Gasteiger partial charge in [0, 0.05) is 46.5 Å². The van der Waals surface area contributed by atoms with Crippen LogP contribution in [-0.4, -0.2) is 21.2 Å². The Balaban J connectivity index is 1.17. The van der Waals surface area contributed by atoms with Crippen LogP contribution in [0.4, 0.5) is 17.1 Å². The second kappa shape index (κ2) is 9.54. The van der Waals surface area contributed by atoms with E-state index in [0.717, 1.165) is 68.7 Å². The molecule has 0 aliphatic carbocycles. The van der Waals surface area contributed by atoms with E-state index in [1.165, 1.54) is 5.39 Å². The molecular weight excluding hydrogens is 506 g/mol. The third-order valence-corrected chi connectivity index (χ3v) is 7.57. The Morgan fingerprint density at radius 2 is 1.51 bits per heavy atom. The van der Waals surface area contributed by atoms with Crippen LogP contribution in [0.5, 0.6) is 11.5 Å². The smallest absolute Gasteiger partial charge is 0.137 e. The van der Waals surface area contributed by atoms with Crippen LogP contribution in [0, 0.1) is 0 Å². The molecule has 6 nitrogen and oxygen atoms in total. The zero-order valence-electron chi connectivity index (χ0n) is 22.1. The van der Waals surface area contributed by atoms with Crippen molar-refractivity contribution in [2.45, 2.75) is 0 Å². The van der Waals surface area contributed by atoms with Crippen LogP contribution < -0.4 is 15.0 Å². The third kappa shape index (κ3) is 4.05. The second-order valence-corrected chi connectivity index (χ2v) is 10.0. The summed E-state index contributed by atoms with van der Waals surface area (Å²) < 4.78 is 8.65. The highest BCUT2D eigenvalue weighted by Crippen LogP contribution is 2.39. The largest absolute Gasteiger partial charge is 0.457 e. The van der Waals surface area contributed by atoms with Crippen LogP contribution in [0.15, 0.2) is 134 Å². The van der Waals surface area contributed by atoms with Crippen molar-refractivity contribution in [1.29, 1.82) is 0 Å². The van der Waals surface area contributed by atoms with Crippen LogP contribution in [0.25, 0.3) is 38.9 Å². The normalized spacial score (nSPS) is 12.4. The quantitative estimate of drug-likeness (QED) is 0.241. The zero-order chi connectivity index (χ0) is 27.2. The number of fused-ring (bicyclic) bond motifs is 4. The number of hydrogen-bond donors (Lipinski definition) is 1. The van der Waals surface area contributed by atoms with Crippen LogP contribution in [0.2, 0.25) is 0 Å². The average Bonchev–Trinajstić information content (AvgIpc) is 3.61. The molecule has 0 amide bonds. The average molecular weight is 532 g/mol. The third-order valence-electron chi connectivity index (χ3n) is 7.57. The van der Waals surface area contributed by atoms with Crippen molar-refractivity contribution in [3.8, 4) is 28.6 Å². The van der Waals surface area contributed by atoms with Gasteiger partial charge in [0.1, 0.15) is 17.3 Å². The Bertz CT molecular complexity index is 2030. The molecule has 0 unspecified atom stereocenters.